The van der Waals surface area contributed by atoms with Gasteiger partial charge in [-0.15, -0.1) is 0 Å². The molecule has 6 heteroatoms. The quantitative estimate of drug-likeness (QED) is 0.622. The van der Waals surface area contributed by atoms with Gasteiger partial charge in [0.25, 0.3) is 0 Å². The molecule has 0 radical (unpaired) electrons. The standard InChI is InChI=1S/C15H23BrN2O3/c1-15(2,3)21-14(20)18-7-5-11(9-12(16)10-19)13(17-4)6-8-18/h9-10,17H,5-8H2,1-4H3/b12-9+. The van der Waals surface area contributed by atoms with E-state index in [-0.39, 0.29) is 6.09 Å². The van der Waals surface area contributed by atoms with Crippen molar-refractivity contribution in [2.24, 2.45) is 0 Å². The van der Waals surface area contributed by atoms with Gasteiger partial charge in [-0.2, -0.15) is 0 Å². The number of hydrogen-bond acceptors (Lipinski definition) is 4. The fourth-order valence-corrected chi connectivity index (χ4v) is 2.36. The topological polar surface area (TPSA) is 58.6 Å². The molecule has 0 atom stereocenters. The van der Waals surface area contributed by atoms with E-state index in [2.05, 4.69) is 21.2 Å². The number of carbonyl (C=O) groups is 2. The van der Waals surface area contributed by atoms with Crippen LogP contribution >= 0.6 is 15.9 Å². The summed E-state index contributed by atoms with van der Waals surface area (Å²) in [6.07, 6.45) is 3.66. The van der Waals surface area contributed by atoms with Gasteiger partial charge in [0.1, 0.15) is 5.60 Å². The first-order valence-electron chi connectivity index (χ1n) is 6.97. The average Bonchev–Trinajstić information content (AvgIpc) is 2.59. The van der Waals surface area contributed by atoms with Crippen LogP contribution < -0.4 is 5.32 Å². The van der Waals surface area contributed by atoms with Gasteiger partial charge in [0.15, 0.2) is 6.29 Å². The van der Waals surface area contributed by atoms with Crippen molar-refractivity contribution in [3.05, 3.63) is 21.8 Å². The van der Waals surface area contributed by atoms with Crippen LogP contribution in [-0.4, -0.2) is 43.0 Å². The largest absolute Gasteiger partial charge is 0.444 e. The van der Waals surface area contributed by atoms with Crippen molar-refractivity contribution in [1.29, 1.82) is 0 Å². The molecule has 1 aliphatic heterocycles. The van der Waals surface area contributed by atoms with Crippen LogP contribution in [0.4, 0.5) is 4.79 Å². The SMILES string of the molecule is CNC1=C(/C=C(/Br)C=O)CCN(C(=O)OC(C)(C)C)CC1. The summed E-state index contributed by atoms with van der Waals surface area (Å²) in [5.74, 6) is 0. The fourth-order valence-electron chi connectivity index (χ4n) is 2.08. The van der Waals surface area contributed by atoms with Crippen molar-refractivity contribution in [1.82, 2.24) is 10.2 Å². The fraction of sp³-hybridized carbons (Fsp3) is 0.600. The number of allylic oxidation sites excluding steroid dienone is 2. The van der Waals surface area contributed by atoms with E-state index >= 15 is 0 Å². The number of rotatable bonds is 3. The van der Waals surface area contributed by atoms with Crippen LogP contribution in [0.5, 0.6) is 0 Å². The van der Waals surface area contributed by atoms with Crippen LogP contribution in [0.15, 0.2) is 21.8 Å². The molecule has 5 nitrogen and oxygen atoms in total. The molecule has 1 amide bonds. The normalized spacial score (nSPS) is 17.4. The number of ether oxygens (including phenoxy) is 1. The Bertz CT molecular complexity index is 464. The Morgan fingerprint density at radius 3 is 2.48 bits per heavy atom. The molecule has 0 aromatic heterocycles. The van der Waals surface area contributed by atoms with Gasteiger partial charge in [-0.3, -0.25) is 4.79 Å². The van der Waals surface area contributed by atoms with Gasteiger partial charge in [-0.1, -0.05) is 0 Å². The molecule has 1 heterocycles. The minimum atomic E-state index is -0.494. The molecule has 118 valence electrons. The molecule has 0 aromatic rings. The van der Waals surface area contributed by atoms with Crippen LogP contribution in [0.2, 0.25) is 0 Å². The number of amides is 1. The highest BCUT2D eigenvalue weighted by molar-refractivity contribution is 9.12. The third-order valence-electron chi connectivity index (χ3n) is 3.05. The Morgan fingerprint density at radius 1 is 1.33 bits per heavy atom. The smallest absolute Gasteiger partial charge is 0.410 e. The van der Waals surface area contributed by atoms with Crippen molar-refractivity contribution in [3.8, 4) is 0 Å². The molecule has 0 saturated carbocycles. The summed E-state index contributed by atoms with van der Waals surface area (Å²) >= 11 is 3.20. The van der Waals surface area contributed by atoms with Crippen molar-refractivity contribution in [2.75, 3.05) is 20.1 Å². The van der Waals surface area contributed by atoms with Crippen LogP contribution in [0.25, 0.3) is 0 Å². The lowest BCUT2D eigenvalue weighted by Gasteiger charge is -2.26. The first-order valence-corrected chi connectivity index (χ1v) is 7.76. The third kappa shape index (κ3) is 5.91. The number of hydrogen-bond donors (Lipinski definition) is 1. The van der Waals surface area contributed by atoms with E-state index in [4.69, 9.17) is 4.74 Å². The van der Waals surface area contributed by atoms with Crippen LogP contribution in [0, 0.1) is 0 Å². The molecule has 0 aromatic carbocycles. The maximum Gasteiger partial charge on any atom is 0.410 e. The highest BCUT2D eigenvalue weighted by atomic mass is 79.9. The van der Waals surface area contributed by atoms with E-state index in [0.717, 1.165) is 17.6 Å². The Morgan fingerprint density at radius 2 is 1.95 bits per heavy atom. The summed E-state index contributed by atoms with van der Waals surface area (Å²) in [5.41, 5.74) is 1.58. The van der Waals surface area contributed by atoms with Crippen molar-refractivity contribution in [2.45, 2.75) is 39.2 Å². The predicted octanol–water partition coefficient (Wildman–Crippen LogP) is 2.97. The zero-order chi connectivity index (χ0) is 16.0. The molecular weight excluding hydrogens is 336 g/mol. The molecule has 1 aliphatic rings. The van der Waals surface area contributed by atoms with Crippen molar-refractivity contribution >= 4 is 28.3 Å². The molecule has 0 aliphatic carbocycles. The van der Waals surface area contributed by atoms with E-state index in [1.807, 2.05) is 27.8 Å². The molecule has 0 unspecified atom stereocenters. The van der Waals surface area contributed by atoms with Crippen LogP contribution in [0.1, 0.15) is 33.6 Å². The molecule has 0 spiro atoms. The minimum Gasteiger partial charge on any atom is -0.444 e. The summed E-state index contributed by atoms with van der Waals surface area (Å²) < 4.78 is 5.90. The lowest BCUT2D eigenvalue weighted by Crippen LogP contribution is -2.37. The Labute approximate surface area is 134 Å². The zero-order valence-corrected chi connectivity index (χ0v) is 14.6. The van der Waals surface area contributed by atoms with E-state index in [9.17, 15) is 9.59 Å². The molecule has 0 saturated heterocycles. The van der Waals surface area contributed by atoms with Gasteiger partial charge in [-0.05, 0) is 54.8 Å². The molecular formula is C15H23BrN2O3. The first kappa shape index (κ1) is 17.8. The van der Waals surface area contributed by atoms with Crippen LogP contribution in [-0.2, 0) is 9.53 Å². The zero-order valence-electron chi connectivity index (χ0n) is 13.0. The summed E-state index contributed by atoms with van der Waals surface area (Å²) in [6, 6.07) is 0. The second-order valence-corrected chi connectivity index (χ2v) is 6.78. The second kappa shape index (κ2) is 7.64. The number of nitrogens with zero attached hydrogens (tertiary/aromatic N) is 1. The molecule has 0 bridgehead atoms. The van der Waals surface area contributed by atoms with E-state index in [1.165, 1.54) is 0 Å². The Hall–Kier alpha value is -1.30. The van der Waals surface area contributed by atoms with Crippen molar-refractivity contribution in [3.63, 3.8) is 0 Å². The Balaban J connectivity index is 2.80. The van der Waals surface area contributed by atoms with E-state index in [1.54, 1.807) is 11.0 Å². The predicted molar refractivity (Wildman–Crippen MR) is 86.2 cm³/mol. The lowest BCUT2D eigenvalue weighted by atomic mass is 10.1. The van der Waals surface area contributed by atoms with Gasteiger partial charge in [0.05, 0.1) is 4.48 Å². The number of nitrogens with one attached hydrogen (secondary N) is 1. The van der Waals surface area contributed by atoms with Gasteiger partial charge >= 0.3 is 6.09 Å². The van der Waals surface area contributed by atoms with Gasteiger partial charge < -0.3 is 15.0 Å². The lowest BCUT2D eigenvalue weighted by molar-refractivity contribution is -0.104. The first-order chi connectivity index (χ1) is 9.76. The number of aldehydes is 1. The molecule has 1 N–H and O–H groups in total. The molecule has 1 rings (SSSR count). The maximum absolute atomic E-state index is 12.1. The number of halogens is 1. The summed E-state index contributed by atoms with van der Waals surface area (Å²) in [7, 11) is 1.85. The van der Waals surface area contributed by atoms with E-state index < -0.39 is 5.60 Å². The molecule has 21 heavy (non-hydrogen) atoms. The minimum absolute atomic E-state index is 0.294. The molecule has 0 fully saturated rings. The summed E-state index contributed by atoms with van der Waals surface area (Å²) in [4.78, 5) is 24.6. The van der Waals surface area contributed by atoms with Gasteiger partial charge in [0, 0.05) is 32.3 Å². The monoisotopic (exact) mass is 358 g/mol. The summed E-state index contributed by atoms with van der Waals surface area (Å²) in [5, 5.41) is 3.15. The summed E-state index contributed by atoms with van der Waals surface area (Å²) in [6.45, 7) is 6.74. The van der Waals surface area contributed by atoms with Gasteiger partial charge in [-0.25, -0.2) is 4.79 Å². The van der Waals surface area contributed by atoms with E-state index in [0.29, 0.717) is 30.4 Å². The third-order valence-corrected chi connectivity index (χ3v) is 3.46. The van der Waals surface area contributed by atoms with Crippen LogP contribution in [0.3, 0.4) is 0 Å². The average molecular weight is 359 g/mol. The second-order valence-electron chi connectivity index (χ2n) is 5.87. The number of carbonyl (C=O) groups excluding carboxylic acids is 2. The van der Waals surface area contributed by atoms with Crippen molar-refractivity contribution < 1.29 is 14.3 Å². The highest BCUT2D eigenvalue weighted by Gasteiger charge is 2.24. The maximum atomic E-state index is 12.1. The highest BCUT2D eigenvalue weighted by Crippen LogP contribution is 2.21. The Kier molecular flexibility index (Phi) is 6.45. The van der Waals surface area contributed by atoms with Gasteiger partial charge in [0.2, 0.25) is 0 Å².